The summed E-state index contributed by atoms with van der Waals surface area (Å²) in [4.78, 5) is 13.8. The molecule has 0 radical (unpaired) electrons. The second-order valence-electron chi connectivity index (χ2n) is 5.99. The average molecular weight is 337 g/mol. The molecule has 128 valence electrons. The van der Waals surface area contributed by atoms with Crippen LogP contribution >= 0.6 is 0 Å². The van der Waals surface area contributed by atoms with E-state index in [1.54, 1.807) is 23.1 Å². The van der Waals surface area contributed by atoms with Gasteiger partial charge in [0.05, 0.1) is 12.7 Å². The molecule has 1 aliphatic heterocycles. The van der Waals surface area contributed by atoms with E-state index in [1.807, 2.05) is 30.3 Å². The topological polar surface area (TPSA) is 29.5 Å². The van der Waals surface area contributed by atoms with Crippen molar-refractivity contribution in [2.75, 3.05) is 13.1 Å². The molecular weight excluding hydrogens is 317 g/mol. The zero-order valence-electron chi connectivity index (χ0n) is 14.0. The molecule has 1 heterocycles. The number of hydrogen-bond donors (Lipinski definition) is 0. The Morgan fingerprint density at radius 1 is 1.12 bits per heavy atom. The number of nitrogens with zero attached hydrogens (tertiary/aromatic N) is 1. The van der Waals surface area contributed by atoms with E-state index in [0.29, 0.717) is 31.5 Å². The van der Waals surface area contributed by atoms with Crippen LogP contribution in [0.4, 0.5) is 4.39 Å². The monoisotopic (exact) mass is 337 g/mol. The van der Waals surface area contributed by atoms with E-state index in [0.717, 1.165) is 5.56 Å². The van der Waals surface area contributed by atoms with Crippen molar-refractivity contribution in [3.05, 3.63) is 71.5 Å². The predicted octanol–water partition coefficient (Wildman–Crippen LogP) is 3.39. The van der Waals surface area contributed by atoms with Crippen molar-refractivity contribution in [2.45, 2.75) is 25.6 Å². The van der Waals surface area contributed by atoms with E-state index in [-0.39, 0.29) is 24.4 Å². The van der Waals surface area contributed by atoms with Gasteiger partial charge in [-0.1, -0.05) is 48.2 Å². The van der Waals surface area contributed by atoms with E-state index in [2.05, 4.69) is 11.8 Å². The zero-order valence-corrected chi connectivity index (χ0v) is 14.0. The van der Waals surface area contributed by atoms with Crippen molar-refractivity contribution in [1.82, 2.24) is 4.90 Å². The molecule has 0 saturated carbocycles. The number of hydrogen-bond acceptors (Lipinski definition) is 2. The number of ether oxygens (including phenoxy) is 1. The van der Waals surface area contributed by atoms with Gasteiger partial charge in [-0.25, -0.2) is 4.39 Å². The fourth-order valence-electron chi connectivity index (χ4n) is 2.58. The Morgan fingerprint density at radius 2 is 1.84 bits per heavy atom. The van der Waals surface area contributed by atoms with Crippen LogP contribution in [0.15, 0.2) is 54.6 Å². The minimum absolute atomic E-state index is 0.0149. The van der Waals surface area contributed by atoms with Crippen LogP contribution in [0.3, 0.4) is 0 Å². The molecule has 0 aliphatic carbocycles. The summed E-state index contributed by atoms with van der Waals surface area (Å²) in [5.41, 5.74) is 1.50. The smallest absolute Gasteiger partial charge is 0.223 e. The highest BCUT2D eigenvalue weighted by molar-refractivity contribution is 5.77. The number of amides is 1. The Labute approximate surface area is 147 Å². The van der Waals surface area contributed by atoms with Crippen molar-refractivity contribution in [3.8, 4) is 11.8 Å². The lowest BCUT2D eigenvalue weighted by atomic mass is 10.1. The molecule has 1 aliphatic rings. The fourth-order valence-corrected chi connectivity index (χ4v) is 2.58. The van der Waals surface area contributed by atoms with Crippen molar-refractivity contribution < 1.29 is 13.9 Å². The maximum atomic E-state index is 13.5. The van der Waals surface area contributed by atoms with Gasteiger partial charge in [-0.3, -0.25) is 4.79 Å². The van der Waals surface area contributed by atoms with Crippen LogP contribution in [0.2, 0.25) is 0 Å². The SMILES string of the molecule is O=C(CCC#Cc1ccccc1)N1CC(OCc2ccccc2F)C1. The van der Waals surface area contributed by atoms with Gasteiger partial charge >= 0.3 is 0 Å². The molecule has 0 N–H and O–H groups in total. The maximum absolute atomic E-state index is 13.5. The Bertz CT molecular complexity index is 773. The molecule has 3 nitrogen and oxygen atoms in total. The molecule has 3 rings (SSSR count). The molecule has 2 aromatic carbocycles. The molecule has 0 aromatic heterocycles. The van der Waals surface area contributed by atoms with Crippen LogP contribution in [0, 0.1) is 17.7 Å². The summed E-state index contributed by atoms with van der Waals surface area (Å²) in [6.45, 7) is 1.38. The summed E-state index contributed by atoms with van der Waals surface area (Å²) in [5.74, 6) is 5.91. The third-order valence-electron chi connectivity index (χ3n) is 4.10. The summed E-state index contributed by atoms with van der Waals surface area (Å²) in [5, 5.41) is 0. The van der Waals surface area contributed by atoms with Crippen LogP contribution in [0.25, 0.3) is 0 Å². The minimum atomic E-state index is -0.258. The van der Waals surface area contributed by atoms with E-state index >= 15 is 0 Å². The number of rotatable bonds is 5. The number of carbonyl (C=O) groups excluding carboxylic acids is 1. The Morgan fingerprint density at radius 3 is 2.60 bits per heavy atom. The van der Waals surface area contributed by atoms with Gasteiger partial charge in [-0.15, -0.1) is 0 Å². The lowest BCUT2D eigenvalue weighted by molar-refractivity contribution is -0.145. The fraction of sp³-hybridized carbons (Fsp3) is 0.286. The summed E-state index contributed by atoms with van der Waals surface area (Å²) < 4.78 is 19.2. The standard InChI is InChI=1S/C21H20FNO2/c22-20-12-6-5-11-18(20)16-25-19-14-23(15-19)21(24)13-7-4-10-17-8-2-1-3-9-17/h1-3,5-6,8-9,11-12,19H,7,13-16H2. The van der Waals surface area contributed by atoms with Crippen LogP contribution in [0.1, 0.15) is 24.0 Å². The summed E-state index contributed by atoms with van der Waals surface area (Å²) >= 11 is 0. The summed E-state index contributed by atoms with van der Waals surface area (Å²) in [7, 11) is 0. The van der Waals surface area contributed by atoms with Gasteiger partial charge in [-0.2, -0.15) is 0 Å². The Hall–Kier alpha value is -2.64. The minimum Gasteiger partial charge on any atom is -0.370 e. The number of likely N-dealkylation sites (tertiary alicyclic amines) is 1. The molecule has 0 bridgehead atoms. The van der Waals surface area contributed by atoms with Crippen molar-refractivity contribution >= 4 is 5.91 Å². The number of halogens is 1. The molecule has 25 heavy (non-hydrogen) atoms. The molecule has 1 amide bonds. The van der Waals surface area contributed by atoms with Gasteiger partial charge < -0.3 is 9.64 Å². The third-order valence-corrected chi connectivity index (χ3v) is 4.10. The highest BCUT2D eigenvalue weighted by atomic mass is 19.1. The quantitative estimate of drug-likeness (QED) is 0.783. The van der Waals surface area contributed by atoms with Crippen LogP contribution in [-0.2, 0) is 16.1 Å². The molecule has 0 spiro atoms. The van der Waals surface area contributed by atoms with E-state index < -0.39 is 0 Å². The van der Waals surface area contributed by atoms with Gasteiger partial charge in [0.2, 0.25) is 5.91 Å². The van der Waals surface area contributed by atoms with Crippen LogP contribution in [0.5, 0.6) is 0 Å². The normalized spacial score (nSPS) is 13.7. The first-order valence-electron chi connectivity index (χ1n) is 8.39. The molecule has 2 aromatic rings. The maximum Gasteiger partial charge on any atom is 0.223 e. The highest BCUT2D eigenvalue weighted by Crippen LogP contribution is 2.16. The van der Waals surface area contributed by atoms with E-state index in [1.165, 1.54) is 6.07 Å². The first-order chi connectivity index (χ1) is 12.2. The molecule has 0 atom stereocenters. The first-order valence-corrected chi connectivity index (χ1v) is 8.39. The van der Waals surface area contributed by atoms with E-state index in [4.69, 9.17) is 4.74 Å². The number of benzene rings is 2. The third kappa shape index (κ3) is 4.91. The molecule has 0 unspecified atom stereocenters. The lowest BCUT2D eigenvalue weighted by Gasteiger charge is -2.39. The highest BCUT2D eigenvalue weighted by Gasteiger charge is 2.30. The summed E-state index contributed by atoms with van der Waals surface area (Å²) in [6.07, 6.45) is 0.948. The average Bonchev–Trinajstić information content (AvgIpc) is 2.60. The second-order valence-corrected chi connectivity index (χ2v) is 5.99. The van der Waals surface area contributed by atoms with E-state index in [9.17, 15) is 9.18 Å². The molecule has 4 heteroatoms. The zero-order chi connectivity index (χ0) is 17.5. The van der Waals surface area contributed by atoms with Crippen molar-refractivity contribution in [3.63, 3.8) is 0 Å². The molecule has 1 saturated heterocycles. The van der Waals surface area contributed by atoms with Gasteiger partial charge in [0.15, 0.2) is 0 Å². The van der Waals surface area contributed by atoms with Crippen LogP contribution < -0.4 is 0 Å². The molecular formula is C21H20FNO2. The Balaban J connectivity index is 1.34. The predicted molar refractivity (Wildman–Crippen MR) is 94.1 cm³/mol. The molecule has 1 fully saturated rings. The first kappa shape index (κ1) is 17.2. The number of carbonyl (C=O) groups is 1. The van der Waals surface area contributed by atoms with Gasteiger partial charge in [-0.05, 0) is 18.2 Å². The van der Waals surface area contributed by atoms with Gasteiger partial charge in [0, 0.05) is 37.1 Å². The van der Waals surface area contributed by atoms with Crippen molar-refractivity contribution in [2.24, 2.45) is 0 Å². The largest absolute Gasteiger partial charge is 0.370 e. The van der Waals surface area contributed by atoms with Gasteiger partial charge in [0.1, 0.15) is 5.82 Å². The lowest BCUT2D eigenvalue weighted by Crippen LogP contribution is -2.54. The second kappa shape index (κ2) is 8.46. The van der Waals surface area contributed by atoms with Crippen molar-refractivity contribution in [1.29, 1.82) is 0 Å². The van der Waals surface area contributed by atoms with Crippen LogP contribution in [-0.4, -0.2) is 30.0 Å². The summed E-state index contributed by atoms with van der Waals surface area (Å²) in [6, 6.07) is 16.3. The van der Waals surface area contributed by atoms with Gasteiger partial charge in [0.25, 0.3) is 0 Å². The Kier molecular flexibility index (Phi) is 5.81.